The number of hydrogen-bond acceptors (Lipinski definition) is 6. The highest BCUT2D eigenvalue weighted by Gasteiger charge is 2.21. The molecule has 0 aromatic heterocycles. The number of nitrogens with one attached hydrogen (secondary N) is 1. The smallest absolute Gasteiger partial charge is 0.126 e. The zero-order valence-electron chi connectivity index (χ0n) is 13.4. The minimum atomic E-state index is 0.334. The van der Waals surface area contributed by atoms with Crippen molar-refractivity contribution in [2.75, 3.05) is 45.2 Å². The Hall–Kier alpha value is -2.46. The van der Waals surface area contributed by atoms with Gasteiger partial charge in [-0.25, -0.2) is 0 Å². The van der Waals surface area contributed by atoms with Gasteiger partial charge in [0.1, 0.15) is 28.2 Å². The number of benzene rings is 1. The molecule has 0 spiro atoms. The van der Waals surface area contributed by atoms with E-state index in [1.807, 2.05) is 29.2 Å². The van der Waals surface area contributed by atoms with Gasteiger partial charge in [0.05, 0.1) is 7.11 Å². The number of nitrogens with two attached hydrogens (primary N) is 1. The van der Waals surface area contributed by atoms with Crippen LogP contribution in [0.2, 0.25) is 0 Å². The van der Waals surface area contributed by atoms with Crippen molar-refractivity contribution in [3.63, 3.8) is 0 Å². The molecule has 0 unspecified atom stereocenters. The van der Waals surface area contributed by atoms with Gasteiger partial charge < -0.3 is 25.6 Å². The summed E-state index contributed by atoms with van der Waals surface area (Å²) in [6, 6.07) is 10.1. The van der Waals surface area contributed by atoms with Gasteiger partial charge >= 0.3 is 0 Å². The Labute approximate surface area is 142 Å². The first-order valence-corrected chi connectivity index (χ1v) is 7.77. The summed E-state index contributed by atoms with van der Waals surface area (Å²) < 4.78 is 5.18. The maximum absolute atomic E-state index is 9.24. The SMILES string of the molecule is CNC(=S)C(C#N)=C(N)N1CCN(c2ccc(OC)cc2)CC1. The Morgan fingerprint density at radius 3 is 2.35 bits per heavy atom. The van der Waals surface area contributed by atoms with Crippen molar-refractivity contribution in [1.29, 1.82) is 5.26 Å². The molecule has 1 heterocycles. The fraction of sp³-hybridized carbons (Fsp3) is 0.375. The van der Waals surface area contributed by atoms with Gasteiger partial charge in [0.15, 0.2) is 0 Å². The molecule has 0 bridgehead atoms. The predicted octanol–water partition coefficient (Wildman–Crippen LogP) is 1.06. The van der Waals surface area contributed by atoms with Crippen molar-refractivity contribution in [3.05, 3.63) is 35.7 Å². The molecule has 0 saturated carbocycles. The summed E-state index contributed by atoms with van der Waals surface area (Å²) in [4.78, 5) is 4.66. The van der Waals surface area contributed by atoms with E-state index in [0.717, 1.165) is 37.6 Å². The van der Waals surface area contributed by atoms with Crippen LogP contribution in [0.3, 0.4) is 0 Å². The Kier molecular flexibility index (Phi) is 5.66. The Bertz CT molecular complexity index is 627. The quantitative estimate of drug-likeness (QED) is 0.485. The molecular weight excluding hydrogens is 310 g/mol. The summed E-state index contributed by atoms with van der Waals surface area (Å²) in [5, 5.41) is 12.0. The average molecular weight is 331 g/mol. The van der Waals surface area contributed by atoms with Crippen LogP contribution in [0.4, 0.5) is 5.69 Å². The molecule has 1 saturated heterocycles. The van der Waals surface area contributed by atoms with Crippen molar-refractivity contribution in [2.45, 2.75) is 0 Å². The van der Waals surface area contributed by atoms with Gasteiger partial charge in [-0.3, -0.25) is 0 Å². The van der Waals surface area contributed by atoms with E-state index in [1.54, 1.807) is 14.2 Å². The first kappa shape index (κ1) is 16.9. The number of nitrogens with zero attached hydrogens (tertiary/aromatic N) is 3. The van der Waals surface area contributed by atoms with Crippen LogP contribution >= 0.6 is 12.2 Å². The molecule has 0 aliphatic carbocycles. The second-order valence-corrected chi connectivity index (χ2v) is 5.53. The van der Waals surface area contributed by atoms with E-state index in [4.69, 9.17) is 22.7 Å². The molecule has 1 aliphatic heterocycles. The summed E-state index contributed by atoms with van der Waals surface area (Å²) in [7, 11) is 3.35. The fourth-order valence-electron chi connectivity index (χ4n) is 2.51. The zero-order valence-corrected chi connectivity index (χ0v) is 14.2. The number of piperazine rings is 1. The maximum atomic E-state index is 9.24. The third-order valence-corrected chi connectivity index (χ3v) is 4.29. The standard InChI is InChI=1S/C16H21N5OS/c1-19-16(23)14(11-17)15(18)21-9-7-20(8-10-21)12-3-5-13(22-2)6-4-12/h3-6H,7-10,18H2,1-2H3,(H,19,23). The van der Waals surface area contributed by atoms with Crippen LogP contribution in [0, 0.1) is 11.3 Å². The minimum Gasteiger partial charge on any atom is -0.497 e. The molecule has 23 heavy (non-hydrogen) atoms. The highest BCUT2D eigenvalue weighted by Crippen LogP contribution is 2.21. The molecule has 3 N–H and O–H groups in total. The van der Waals surface area contributed by atoms with Gasteiger partial charge in [0.25, 0.3) is 0 Å². The van der Waals surface area contributed by atoms with Crippen LogP contribution < -0.4 is 20.7 Å². The van der Waals surface area contributed by atoms with Gasteiger partial charge in [0, 0.05) is 38.9 Å². The Balaban J connectivity index is 2.04. The second kappa shape index (κ2) is 7.70. The lowest BCUT2D eigenvalue weighted by Crippen LogP contribution is -2.48. The Morgan fingerprint density at radius 2 is 1.87 bits per heavy atom. The first-order chi connectivity index (χ1) is 11.1. The lowest BCUT2D eigenvalue weighted by molar-refractivity contribution is 0.317. The summed E-state index contributed by atoms with van der Waals surface area (Å²) in [5.41, 5.74) is 7.61. The molecule has 1 aliphatic rings. The van der Waals surface area contributed by atoms with Crippen molar-refractivity contribution in [1.82, 2.24) is 10.2 Å². The number of likely N-dealkylation sites (N-methyl/N-ethyl adjacent to an activating group) is 1. The highest BCUT2D eigenvalue weighted by molar-refractivity contribution is 7.80. The number of ether oxygens (including phenoxy) is 1. The van der Waals surface area contributed by atoms with Gasteiger partial charge in [-0.2, -0.15) is 5.26 Å². The lowest BCUT2D eigenvalue weighted by Gasteiger charge is -2.37. The van der Waals surface area contributed by atoms with Gasteiger partial charge in [-0.05, 0) is 24.3 Å². The summed E-state index contributed by atoms with van der Waals surface area (Å²) >= 11 is 5.12. The topological polar surface area (TPSA) is 77.5 Å². The monoisotopic (exact) mass is 331 g/mol. The molecule has 1 aromatic carbocycles. The number of thiocarbonyl (C=S) groups is 1. The predicted molar refractivity (Wildman–Crippen MR) is 95.3 cm³/mol. The number of methoxy groups -OCH3 is 1. The molecule has 1 aromatic rings. The van der Waals surface area contributed by atoms with Crippen LogP contribution in [0.5, 0.6) is 5.75 Å². The summed E-state index contributed by atoms with van der Waals surface area (Å²) in [5.74, 6) is 1.29. The van der Waals surface area contributed by atoms with Gasteiger partial charge in [-0.15, -0.1) is 0 Å². The second-order valence-electron chi connectivity index (χ2n) is 5.12. The van der Waals surface area contributed by atoms with Gasteiger partial charge in [0.2, 0.25) is 0 Å². The van der Waals surface area contributed by atoms with Crippen LogP contribution in [-0.2, 0) is 0 Å². The molecule has 6 nitrogen and oxygen atoms in total. The number of nitriles is 1. The van der Waals surface area contributed by atoms with E-state index >= 15 is 0 Å². The molecule has 7 heteroatoms. The molecule has 1 fully saturated rings. The average Bonchev–Trinajstić information content (AvgIpc) is 2.62. The molecule has 2 rings (SSSR count). The van der Waals surface area contributed by atoms with E-state index in [-0.39, 0.29) is 0 Å². The van der Waals surface area contributed by atoms with Crippen molar-refractivity contribution < 1.29 is 4.74 Å². The number of anilines is 1. The van der Waals surface area contributed by atoms with Crippen molar-refractivity contribution in [2.24, 2.45) is 5.73 Å². The zero-order chi connectivity index (χ0) is 16.8. The maximum Gasteiger partial charge on any atom is 0.126 e. The molecule has 0 atom stereocenters. The third kappa shape index (κ3) is 3.85. The molecule has 0 radical (unpaired) electrons. The largest absolute Gasteiger partial charge is 0.497 e. The van der Waals surface area contributed by atoms with Crippen LogP contribution in [0.15, 0.2) is 35.7 Å². The first-order valence-electron chi connectivity index (χ1n) is 7.36. The molecular formula is C16H21N5OS. The fourth-order valence-corrected chi connectivity index (χ4v) is 2.66. The molecule has 0 amide bonds. The Morgan fingerprint density at radius 1 is 1.26 bits per heavy atom. The van der Waals surface area contributed by atoms with E-state index in [9.17, 15) is 5.26 Å². The third-order valence-electron chi connectivity index (χ3n) is 3.88. The van der Waals surface area contributed by atoms with Crippen molar-refractivity contribution >= 4 is 22.9 Å². The number of rotatable bonds is 4. The highest BCUT2D eigenvalue weighted by atomic mass is 32.1. The lowest BCUT2D eigenvalue weighted by atomic mass is 10.2. The normalized spacial score (nSPS) is 15.5. The minimum absolute atomic E-state index is 0.334. The van der Waals surface area contributed by atoms with Crippen LogP contribution in [-0.4, -0.2) is 50.2 Å². The van der Waals surface area contributed by atoms with E-state index in [1.165, 1.54) is 0 Å². The number of hydrogen-bond donors (Lipinski definition) is 2. The molecule has 122 valence electrons. The van der Waals surface area contributed by atoms with E-state index in [2.05, 4.69) is 16.3 Å². The van der Waals surface area contributed by atoms with Crippen molar-refractivity contribution in [3.8, 4) is 11.8 Å². The van der Waals surface area contributed by atoms with Crippen LogP contribution in [0.25, 0.3) is 0 Å². The summed E-state index contributed by atoms with van der Waals surface area (Å²) in [6.07, 6.45) is 0. The van der Waals surface area contributed by atoms with Crippen LogP contribution in [0.1, 0.15) is 0 Å². The summed E-state index contributed by atoms with van der Waals surface area (Å²) in [6.45, 7) is 3.15. The van der Waals surface area contributed by atoms with E-state index < -0.39 is 0 Å². The van der Waals surface area contributed by atoms with E-state index in [0.29, 0.717) is 16.4 Å². The van der Waals surface area contributed by atoms with Gasteiger partial charge in [-0.1, -0.05) is 12.2 Å².